The van der Waals surface area contributed by atoms with Gasteiger partial charge in [-0.1, -0.05) is 42.2 Å². The molecule has 3 N–H and O–H groups in total. The molecule has 0 saturated carbocycles. The summed E-state index contributed by atoms with van der Waals surface area (Å²) in [7, 11) is 0. The van der Waals surface area contributed by atoms with E-state index >= 15 is 0 Å². The number of imidazole rings is 1. The molecule has 1 unspecified atom stereocenters. The smallest absolute Gasteiger partial charge is 0.409 e. The van der Waals surface area contributed by atoms with Gasteiger partial charge in [-0.05, 0) is 61.2 Å². The Labute approximate surface area is 248 Å². The standard InChI is InChI=1S/C33H30N4O6/c38-30(25-9-6-10-27(17-25)37-15-14-34-22-37)20-31(39)35-28-18-24(13-12-23-7-2-1-3-8-23)26(19-29(28)36-33(40)41)21-43-32-11-4-5-16-42-32/h1-3,6-10,14-15,17-19,22,32,36H,4-5,11,16,20-21H2,(H,35,39)(H,40,41). The lowest BCUT2D eigenvalue weighted by atomic mass is 10.0. The second-order valence-corrected chi connectivity index (χ2v) is 9.88. The molecule has 0 aliphatic carbocycles. The second kappa shape index (κ2) is 14.1. The number of nitrogens with one attached hydrogen (secondary N) is 2. The summed E-state index contributed by atoms with van der Waals surface area (Å²) in [6.45, 7) is 0.742. The van der Waals surface area contributed by atoms with E-state index in [9.17, 15) is 19.5 Å². The molecule has 0 spiro atoms. The molecule has 10 nitrogen and oxygen atoms in total. The van der Waals surface area contributed by atoms with Crippen molar-refractivity contribution in [2.24, 2.45) is 0 Å². The van der Waals surface area contributed by atoms with Gasteiger partial charge in [-0.2, -0.15) is 0 Å². The van der Waals surface area contributed by atoms with Crippen LogP contribution in [0.3, 0.4) is 0 Å². The molecule has 1 aromatic heterocycles. The first-order valence-corrected chi connectivity index (χ1v) is 13.8. The van der Waals surface area contributed by atoms with Crippen molar-refractivity contribution in [3.05, 3.63) is 108 Å². The molecule has 0 radical (unpaired) electrons. The third kappa shape index (κ3) is 8.16. The highest BCUT2D eigenvalue weighted by Crippen LogP contribution is 2.29. The molecule has 1 aliphatic rings. The molecule has 1 aliphatic heterocycles. The van der Waals surface area contributed by atoms with E-state index in [4.69, 9.17) is 9.47 Å². The van der Waals surface area contributed by atoms with Crippen molar-refractivity contribution in [2.75, 3.05) is 17.2 Å². The minimum absolute atomic E-state index is 0.123. The summed E-state index contributed by atoms with van der Waals surface area (Å²) >= 11 is 0. The number of ketones is 1. The van der Waals surface area contributed by atoms with Gasteiger partial charge in [0.25, 0.3) is 0 Å². The monoisotopic (exact) mass is 578 g/mol. The number of amides is 2. The molecule has 2 heterocycles. The number of benzene rings is 3. The van der Waals surface area contributed by atoms with Gasteiger partial charge in [0, 0.05) is 41.4 Å². The summed E-state index contributed by atoms with van der Waals surface area (Å²) in [5.41, 5.74) is 3.32. The fourth-order valence-corrected chi connectivity index (χ4v) is 4.58. The number of ether oxygens (including phenoxy) is 2. The van der Waals surface area contributed by atoms with Crippen molar-refractivity contribution >= 4 is 29.2 Å². The Morgan fingerprint density at radius 2 is 1.84 bits per heavy atom. The minimum atomic E-state index is -1.31. The number of hydrogen-bond acceptors (Lipinski definition) is 6. The lowest BCUT2D eigenvalue weighted by Gasteiger charge is -2.23. The fourth-order valence-electron chi connectivity index (χ4n) is 4.58. The maximum atomic E-state index is 13.1. The van der Waals surface area contributed by atoms with Gasteiger partial charge in [0.15, 0.2) is 12.1 Å². The molecule has 2 amide bonds. The van der Waals surface area contributed by atoms with Crippen molar-refractivity contribution in [2.45, 2.75) is 38.6 Å². The molecule has 1 atom stereocenters. The number of carbonyl (C=O) groups is 3. The van der Waals surface area contributed by atoms with E-state index < -0.39 is 24.2 Å². The van der Waals surface area contributed by atoms with Crippen molar-refractivity contribution < 1.29 is 29.0 Å². The van der Waals surface area contributed by atoms with Gasteiger partial charge in [-0.3, -0.25) is 14.9 Å². The van der Waals surface area contributed by atoms with E-state index in [0.717, 1.165) is 30.5 Å². The first kappa shape index (κ1) is 29.3. The van der Waals surface area contributed by atoms with E-state index in [2.05, 4.69) is 27.5 Å². The van der Waals surface area contributed by atoms with Crippen molar-refractivity contribution in [1.82, 2.24) is 9.55 Å². The highest BCUT2D eigenvalue weighted by Gasteiger charge is 2.19. The largest absolute Gasteiger partial charge is 0.465 e. The first-order valence-electron chi connectivity index (χ1n) is 13.8. The summed E-state index contributed by atoms with van der Waals surface area (Å²) in [4.78, 5) is 41.7. The molecule has 4 aromatic rings. The Hall–Kier alpha value is -5.24. The molecule has 1 fully saturated rings. The van der Waals surface area contributed by atoms with Crippen LogP contribution < -0.4 is 10.6 Å². The van der Waals surface area contributed by atoms with Crippen LogP contribution in [0.1, 0.15) is 52.7 Å². The van der Waals surface area contributed by atoms with Crippen LogP contribution in [0.5, 0.6) is 0 Å². The fraction of sp³-hybridized carbons (Fsp3) is 0.212. The second-order valence-electron chi connectivity index (χ2n) is 9.88. The van der Waals surface area contributed by atoms with Gasteiger partial charge in [0.1, 0.15) is 0 Å². The van der Waals surface area contributed by atoms with E-state index in [1.54, 1.807) is 53.6 Å². The molecule has 3 aromatic carbocycles. The number of aromatic nitrogens is 2. The Bertz CT molecular complexity index is 1650. The van der Waals surface area contributed by atoms with Gasteiger partial charge < -0.3 is 24.5 Å². The number of carbonyl (C=O) groups excluding carboxylic acids is 2. The third-order valence-electron chi connectivity index (χ3n) is 6.73. The highest BCUT2D eigenvalue weighted by molar-refractivity contribution is 6.12. The number of Topliss-reactive ketones (excluding diaryl/α,β-unsaturated/α-hetero) is 1. The summed E-state index contributed by atoms with van der Waals surface area (Å²) in [5, 5.41) is 14.5. The summed E-state index contributed by atoms with van der Waals surface area (Å²) in [6.07, 6.45) is 5.61. The van der Waals surface area contributed by atoms with Crippen LogP contribution in [-0.4, -0.2) is 45.3 Å². The minimum Gasteiger partial charge on any atom is -0.465 e. The zero-order valence-corrected chi connectivity index (χ0v) is 23.3. The third-order valence-corrected chi connectivity index (χ3v) is 6.73. The topological polar surface area (TPSA) is 132 Å². The van der Waals surface area contributed by atoms with Crippen LogP contribution in [0.15, 0.2) is 85.5 Å². The van der Waals surface area contributed by atoms with Crippen LogP contribution in [0.2, 0.25) is 0 Å². The Morgan fingerprint density at radius 1 is 1.00 bits per heavy atom. The van der Waals surface area contributed by atoms with Crippen molar-refractivity contribution in [3.63, 3.8) is 0 Å². The molecule has 218 valence electrons. The number of hydrogen-bond donors (Lipinski definition) is 3. The Morgan fingerprint density at radius 3 is 2.58 bits per heavy atom. The van der Waals surface area contributed by atoms with E-state index in [1.165, 1.54) is 0 Å². The van der Waals surface area contributed by atoms with Gasteiger partial charge in [-0.15, -0.1) is 0 Å². The Balaban J connectivity index is 1.39. The van der Waals surface area contributed by atoms with E-state index in [1.807, 2.05) is 36.4 Å². The molecular weight excluding hydrogens is 548 g/mol. The average Bonchev–Trinajstić information content (AvgIpc) is 3.56. The van der Waals surface area contributed by atoms with Crippen molar-refractivity contribution in [3.8, 4) is 17.5 Å². The van der Waals surface area contributed by atoms with Gasteiger partial charge in [-0.25, -0.2) is 9.78 Å². The summed E-state index contributed by atoms with van der Waals surface area (Å²) in [6, 6.07) is 19.4. The molecular formula is C33H30N4O6. The summed E-state index contributed by atoms with van der Waals surface area (Å²) < 4.78 is 13.4. The molecule has 1 saturated heterocycles. The molecule has 5 rings (SSSR count). The van der Waals surface area contributed by atoms with E-state index in [0.29, 0.717) is 23.3 Å². The lowest BCUT2D eigenvalue weighted by Crippen LogP contribution is -2.22. The lowest BCUT2D eigenvalue weighted by molar-refractivity contribution is -0.168. The quantitative estimate of drug-likeness (QED) is 0.134. The Kier molecular flexibility index (Phi) is 9.59. The number of carboxylic acid groups (broad SMARTS) is 1. The number of rotatable bonds is 9. The molecule has 0 bridgehead atoms. The van der Waals surface area contributed by atoms with Gasteiger partial charge >= 0.3 is 6.09 Å². The predicted octanol–water partition coefficient (Wildman–Crippen LogP) is 5.62. The SMILES string of the molecule is O=C(O)Nc1cc(COC2CCCCO2)c(C#Cc2ccccc2)cc1NC(=O)CC(=O)c1cccc(-n2ccnc2)c1. The first-order chi connectivity index (χ1) is 20.9. The predicted molar refractivity (Wildman–Crippen MR) is 160 cm³/mol. The van der Waals surface area contributed by atoms with Crippen LogP contribution in [0.25, 0.3) is 5.69 Å². The zero-order chi connectivity index (χ0) is 30.0. The zero-order valence-electron chi connectivity index (χ0n) is 23.3. The maximum Gasteiger partial charge on any atom is 0.409 e. The summed E-state index contributed by atoms with van der Waals surface area (Å²) in [5.74, 6) is 5.23. The number of anilines is 2. The van der Waals surface area contributed by atoms with Gasteiger partial charge in [0.2, 0.25) is 5.91 Å². The molecule has 43 heavy (non-hydrogen) atoms. The van der Waals surface area contributed by atoms with Crippen LogP contribution in [0, 0.1) is 11.8 Å². The van der Waals surface area contributed by atoms with Crippen LogP contribution in [-0.2, 0) is 20.9 Å². The highest BCUT2D eigenvalue weighted by atomic mass is 16.7. The van der Waals surface area contributed by atoms with Crippen molar-refractivity contribution in [1.29, 1.82) is 0 Å². The van der Waals surface area contributed by atoms with Crippen LogP contribution in [0.4, 0.5) is 16.2 Å². The normalized spacial score (nSPS) is 14.3. The van der Waals surface area contributed by atoms with Crippen LogP contribution >= 0.6 is 0 Å². The number of nitrogens with zero attached hydrogens (tertiary/aromatic N) is 2. The van der Waals surface area contributed by atoms with E-state index in [-0.39, 0.29) is 24.3 Å². The average molecular weight is 579 g/mol. The molecule has 10 heteroatoms. The maximum absolute atomic E-state index is 13.1. The van der Waals surface area contributed by atoms with Gasteiger partial charge in [0.05, 0.1) is 30.7 Å².